The van der Waals surface area contributed by atoms with Crippen LogP contribution in [-0.4, -0.2) is 26.3 Å². The van der Waals surface area contributed by atoms with Crippen LogP contribution in [0.2, 0.25) is 0 Å². The molecule has 1 amide bonds. The molecule has 0 aliphatic heterocycles. The number of hydrogen-bond donors (Lipinski definition) is 1. The largest absolute Gasteiger partial charge is 0.444 e. The SMILES string of the molecule is Cc1ccc(-c2cnc3cc(-c4ccccc4)c(-c4ccc(C5(NC(=O)OC(C)(C)C)CCC5)cc4)nn23)cc1. The second-order valence-electron chi connectivity index (χ2n) is 11.7. The Kier molecular flexibility index (Phi) is 6.41. The van der Waals surface area contributed by atoms with Crippen LogP contribution in [-0.2, 0) is 10.3 Å². The second kappa shape index (κ2) is 9.94. The standard InChI is InChI=1S/C34H34N4O2/c1-23-11-13-25(14-12-23)29-22-35-30-21-28(24-9-6-5-7-10-24)31(37-38(29)30)26-15-17-27(18-16-26)34(19-8-20-34)36-32(39)40-33(2,3)4/h5-7,9-18,21-22H,8,19-20H2,1-4H3,(H,36,39). The Labute approximate surface area is 235 Å². The first kappa shape index (κ1) is 25.8. The summed E-state index contributed by atoms with van der Waals surface area (Å²) in [5.74, 6) is 0. The van der Waals surface area contributed by atoms with Gasteiger partial charge in [-0.2, -0.15) is 5.10 Å². The van der Waals surface area contributed by atoms with Gasteiger partial charge in [0, 0.05) is 16.7 Å². The minimum absolute atomic E-state index is 0.376. The first-order valence-electron chi connectivity index (χ1n) is 13.8. The van der Waals surface area contributed by atoms with Crippen LogP contribution >= 0.6 is 0 Å². The van der Waals surface area contributed by atoms with Gasteiger partial charge in [0.1, 0.15) is 5.60 Å². The summed E-state index contributed by atoms with van der Waals surface area (Å²) in [5, 5.41) is 8.32. The second-order valence-corrected chi connectivity index (χ2v) is 11.7. The number of ether oxygens (including phenoxy) is 1. The highest BCUT2D eigenvalue weighted by Gasteiger charge is 2.41. The number of aromatic nitrogens is 3. The monoisotopic (exact) mass is 530 g/mol. The minimum Gasteiger partial charge on any atom is -0.444 e. The number of nitrogens with zero attached hydrogens (tertiary/aromatic N) is 3. The molecule has 1 saturated carbocycles. The van der Waals surface area contributed by atoms with E-state index in [-0.39, 0.29) is 6.09 Å². The molecule has 40 heavy (non-hydrogen) atoms. The molecule has 6 heteroatoms. The molecule has 1 aliphatic carbocycles. The van der Waals surface area contributed by atoms with E-state index in [1.807, 2.05) is 49.7 Å². The van der Waals surface area contributed by atoms with E-state index >= 15 is 0 Å². The summed E-state index contributed by atoms with van der Waals surface area (Å²) in [6.07, 6.45) is 4.35. The van der Waals surface area contributed by atoms with Gasteiger partial charge in [0.2, 0.25) is 0 Å². The lowest BCUT2D eigenvalue weighted by Gasteiger charge is -2.43. The van der Waals surface area contributed by atoms with Crippen LogP contribution in [0.15, 0.2) is 91.1 Å². The molecule has 1 N–H and O–H groups in total. The lowest BCUT2D eigenvalue weighted by molar-refractivity contribution is 0.0377. The number of nitrogens with one attached hydrogen (secondary N) is 1. The number of imidazole rings is 1. The number of rotatable bonds is 5. The molecule has 2 aromatic heterocycles. The summed E-state index contributed by atoms with van der Waals surface area (Å²) in [7, 11) is 0. The van der Waals surface area contributed by atoms with Crippen LogP contribution < -0.4 is 5.32 Å². The molecule has 0 bridgehead atoms. The van der Waals surface area contributed by atoms with Gasteiger partial charge in [0.05, 0.1) is 23.1 Å². The number of amides is 1. The Hall–Kier alpha value is -4.45. The number of fused-ring (bicyclic) bond motifs is 1. The number of carbonyl (C=O) groups excluding carboxylic acids is 1. The topological polar surface area (TPSA) is 68.5 Å². The van der Waals surface area contributed by atoms with Gasteiger partial charge in [0.15, 0.2) is 5.65 Å². The summed E-state index contributed by atoms with van der Waals surface area (Å²) >= 11 is 0. The molecule has 0 atom stereocenters. The smallest absolute Gasteiger partial charge is 0.408 e. The van der Waals surface area contributed by atoms with Crippen molar-refractivity contribution in [2.45, 2.75) is 58.1 Å². The zero-order chi connectivity index (χ0) is 27.9. The quantitative estimate of drug-likeness (QED) is 0.250. The normalized spacial score (nSPS) is 14.5. The van der Waals surface area contributed by atoms with E-state index in [9.17, 15) is 4.79 Å². The third-order valence-electron chi connectivity index (χ3n) is 7.58. The fourth-order valence-corrected chi connectivity index (χ4v) is 5.35. The third-order valence-corrected chi connectivity index (χ3v) is 7.58. The van der Waals surface area contributed by atoms with Crippen LogP contribution in [0.3, 0.4) is 0 Å². The van der Waals surface area contributed by atoms with Crippen molar-refractivity contribution in [3.63, 3.8) is 0 Å². The summed E-state index contributed by atoms with van der Waals surface area (Å²) < 4.78 is 7.50. The van der Waals surface area contributed by atoms with Crippen molar-refractivity contribution in [1.29, 1.82) is 0 Å². The first-order chi connectivity index (χ1) is 19.2. The highest BCUT2D eigenvalue weighted by atomic mass is 16.6. The molecule has 2 heterocycles. The number of alkyl carbamates (subject to hydrolysis) is 1. The average Bonchev–Trinajstić information content (AvgIpc) is 3.33. The Balaban J connectivity index is 1.41. The lowest BCUT2D eigenvalue weighted by Crippen LogP contribution is -2.52. The van der Waals surface area contributed by atoms with E-state index in [0.29, 0.717) is 0 Å². The molecule has 0 saturated heterocycles. The third kappa shape index (κ3) is 4.97. The predicted octanol–water partition coefficient (Wildman–Crippen LogP) is 7.94. The van der Waals surface area contributed by atoms with Gasteiger partial charge in [-0.05, 0) is 64.2 Å². The highest BCUT2D eigenvalue weighted by Crippen LogP contribution is 2.42. The van der Waals surface area contributed by atoms with Gasteiger partial charge in [-0.3, -0.25) is 0 Å². The summed E-state index contributed by atoms with van der Waals surface area (Å²) in [6, 6.07) is 29.3. The maximum Gasteiger partial charge on any atom is 0.408 e. The van der Waals surface area contributed by atoms with Crippen molar-refractivity contribution < 1.29 is 9.53 Å². The van der Waals surface area contributed by atoms with E-state index < -0.39 is 11.1 Å². The van der Waals surface area contributed by atoms with Gasteiger partial charge in [-0.15, -0.1) is 0 Å². The molecule has 202 valence electrons. The molecule has 1 fully saturated rings. The van der Waals surface area contributed by atoms with E-state index in [1.165, 1.54) is 5.56 Å². The molecular formula is C34H34N4O2. The van der Waals surface area contributed by atoms with E-state index in [2.05, 4.69) is 79.0 Å². The van der Waals surface area contributed by atoms with Crippen molar-refractivity contribution in [3.05, 3.63) is 102 Å². The predicted molar refractivity (Wildman–Crippen MR) is 159 cm³/mol. The molecule has 0 radical (unpaired) electrons. The molecule has 0 unspecified atom stereocenters. The fourth-order valence-electron chi connectivity index (χ4n) is 5.35. The zero-order valence-electron chi connectivity index (χ0n) is 23.4. The number of hydrogen-bond acceptors (Lipinski definition) is 4. The maximum atomic E-state index is 12.6. The summed E-state index contributed by atoms with van der Waals surface area (Å²) in [6.45, 7) is 7.73. The Morgan fingerprint density at radius 3 is 2.20 bits per heavy atom. The van der Waals surface area contributed by atoms with Crippen molar-refractivity contribution >= 4 is 11.7 Å². The zero-order valence-corrected chi connectivity index (χ0v) is 23.4. The van der Waals surface area contributed by atoms with Crippen molar-refractivity contribution in [1.82, 2.24) is 19.9 Å². The average molecular weight is 531 g/mol. The highest BCUT2D eigenvalue weighted by molar-refractivity contribution is 5.83. The fraction of sp³-hybridized carbons (Fsp3) is 0.265. The molecule has 5 aromatic rings. The summed E-state index contributed by atoms with van der Waals surface area (Å²) in [4.78, 5) is 17.3. The molecule has 1 aliphatic rings. The van der Waals surface area contributed by atoms with E-state index in [1.54, 1.807) is 0 Å². The van der Waals surface area contributed by atoms with Gasteiger partial charge >= 0.3 is 6.09 Å². The minimum atomic E-state index is -0.540. The molecule has 6 rings (SSSR count). The van der Waals surface area contributed by atoms with Crippen LogP contribution in [0.1, 0.15) is 51.2 Å². The van der Waals surface area contributed by atoms with Gasteiger partial charge in [0.25, 0.3) is 0 Å². The van der Waals surface area contributed by atoms with Gasteiger partial charge in [-0.25, -0.2) is 14.3 Å². The molecular weight excluding hydrogens is 496 g/mol. The van der Waals surface area contributed by atoms with Gasteiger partial charge < -0.3 is 10.1 Å². The molecule has 0 spiro atoms. The Bertz CT molecular complexity index is 1660. The van der Waals surface area contributed by atoms with Crippen LogP contribution in [0.4, 0.5) is 4.79 Å². The van der Waals surface area contributed by atoms with Crippen molar-refractivity contribution in [3.8, 4) is 33.6 Å². The van der Waals surface area contributed by atoms with Crippen LogP contribution in [0.5, 0.6) is 0 Å². The van der Waals surface area contributed by atoms with E-state index in [0.717, 1.165) is 64.1 Å². The van der Waals surface area contributed by atoms with Gasteiger partial charge in [-0.1, -0.05) is 84.4 Å². The van der Waals surface area contributed by atoms with Crippen LogP contribution in [0, 0.1) is 6.92 Å². The van der Waals surface area contributed by atoms with Crippen LogP contribution in [0.25, 0.3) is 39.3 Å². The number of carbonyl (C=O) groups is 1. The molecule has 6 nitrogen and oxygen atoms in total. The lowest BCUT2D eigenvalue weighted by atomic mass is 9.71. The maximum absolute atomic E-state index is 12.6. The number of benzene rings is 3. The Morgan fingerprint density at radius 1 is 0.900 bits per heavy atom. The van der Waals surface area contributed by atoms with Crippen molar-refractivity contribution in [2.24, 2.45) is 0 Å². The summed E-state index contributed by atoms with van der Waals surface area (Å²) in [5.41, 5.74) is 8.14. The first-order valence-corrected chi connectivity index (χ1v) is 13.8. The molecule has 3 aromatic carbocycles. The Morgan fingerprint density at radius 2 is 1.57 bits per heavy atom. The number of aryl methyl sites for hydroxylation is 1. The van der Waals surface area contributed by atoms with E-state index in [4.69, 9.17) is 14.8 Å². The van der Waals surface area contributed by atoms with Crippen molar-refractivity contribution in [2.75, 3.05) is 0 Å².